The molecule has 5 nitrogen and oxygen atoms in total. The van der Waals surface area contributed by atoms with Crippen molar-refractivity contribution in [3.05, 3.63) is 0 Å². The summed E-state index contributed by atoms with van der Waals surface area (Å²) in [5.74, 6) is 0.222. The van der Waals surface area contributed by atoms with Crippen LogP contribution in [0.5, 0.6) is 0 Å². The van der Waals surface area contributed by atoms with E-state index in [2.05, 4.69) is 5.32 Å². The van der Waals surface area contributed by atoms with E-state index >= 15 is 0 Å². The highest BCUT2D eigenvalue weighted by atomic mass is 16.2. The molecule has 1 aliphatic heterocycles. The molecule has 92 valence electrons. The Hall–Kier alpha value is -1.10. The molecule has 0 radical (unpaired) electrons. The number of carbonyl (C=O) groups is 2. The Balaban J connectivity index is 2.48. The van der Waals surface area contributed by atoms with E-state index in [0.717, 1.165) is 12.8 Å². The molecule has 3 N–H and O–H groups in total. The average Bonchev–Trinajstić information content (AvgIpc) is 2.50. The molecule has 2 amide bonds. The fourth-order valence-corrected chi connectivity index (χ4v) is 1.79. The summed E-state index contributed by atoms with van der Waals surface area (Å²) in [6.07, 6.45) is 2.19. The summed E-state index contributed by atoms with van der Waals surface area (Å²) in [6, 6.07) is 0. The first-order valence-electron chi connectivity index (χ1n) is 5.92. The summed E-state index contributed by atoms with van der Waals surface area (Å²) in [7, 11) is 0. The summed E-state index contributed by atoms with van der Waals surface area (Å²) in [5.41, 5.74) is 5.57. The smallest absolute Gasteiger partial charge is 0.239 e. The van der Waals surface area contributed by atoms with Gasteiger partial charge in [0.2, 0.25) is 11.8 Å². The van der Waals surface area contributed by atoms with Crippen LogP contribution >= 0.6 is 0 Å². The van der Waals surface area contributed by atoms with E-state index in [4.69, 9.17) is 5.73 Å². The van der Waals surface area contributed by atoms with E-state index in [-0.39, 0.29) is 24.3 Å². The van der Waals surface area contributed by atoms with Crippen molar-refractivity contribution in [1.82, 2.24) is 10.2 Å². The minimum atomic E-state index is -0.0633. The Morgan fingerprint density at radius 2 is 2.38 bits per heavy atom. The second-order valence-corrected chi connectivity index (χ2v) is 4.23. The Morgan fingerprint density at radius 3 is 3.00 bits per heavy atom. The normalized spacial score (nSPS) is 18.9. The van der Waals surface area contributed by atoms with Crippen molar-refractivity contribution in [2.24, 2.45) is 11.7 Å². The standard InChI is InChI=1S/C11H21N3O2/c1-2-9(7-12)6-11(16)14-5-3-4-13-10(15)8-14/h9H,2-8,12H2,1H3,(H,13,15). The molecule has 0 aromatic rings. The van der Waals surface area contributed by atoms with E-state index in [9.17, 15) is 9.59 Å². The van der Waals surface area contributed by atoms with Crippen LogP contribution in [0.1, 0.15) is 26.2 Å². The van der Waals surface area contributed by atoms with Gasteiger partial charge in [-0.2, -0.15) is 0 Å². The van der Waals surface area contributed by atoms with Crippen LogP contribution in [0.25, 0.3) is 0 Å². The molecule has 0 bridgehead atoms. The molecular formula is C11H21N3O2. The number of rotatable bonds is 4. The lowest BCUT2D eigenvalue weighted by Gasteiger charge is -2.21. The van der Waals surface area contributed by atoms with Gasteiger partial charge in [-0.15, -0.1) is 0 Å². The van der Waals surface area contributed by atoms with Crippen LogP contribution in [0.3, 0.4) is 0 Å². The number of nitrogens with zero attached hydrogens (tertiary/aromatic N) is 1. The van der Waals surface area contributed by atoms with E-state index in [1.165, 1.54) is 0 Å². The quantitative estimate of drug-likeness (QED) is 0.693. The van der Waals surface area contributed by atoms with Gasteiger partial charge in [0.05, 0.1) is 6.54 Å². The number of carbonyl (C=O) groups excluding carboxylic acids is 2. The third-order valence-electron chi connectivity index (χ3n) is 2.99. The van der Waals surface area contributed by atoms with Gasteiger partial charge in [0, 0.05) is 19.5 Å². The minimum Gasteiger partial charge on any atom is -0.354 e. The predicted molar refractivity (Wildman–Crippen MR) is 61.7 cm³/mol. The predicted octanol–water partition coefficient (Wildman–Crippen LogP) is -0.290. The zero-order chi connectivity index (χ0) is 12.0. The van der Waals surface area contributed by atoms with Crippen molar-refractivity contribution in [3.63, 3.8) is 0 Å². The van der Waals surface area contributed by atoms with Crippen molar-refractivity contribution in [2.75, 3.05) is 26.2 Å². The lowest BCUT2D eigenvalue weighted by molar-refractivity contribution is -0.136. The minimum absolute atomic E-state index is 0.0503. The number of nitrogens with one attached hydrogen (secondary N) is 1. The van der Waals surface area contributed by atoms with E-state index < -0.39 is 0 Å². The van der Waals surface area contributed by atoms with Crippen molar-refractivity contribution in [1.29, 1.82) is 0 Å². The van der Waals surface area contributed by atoms with Crippen molar-refractivity contribution in [2.45, 2.75) is 26.2 Å². The summed E-state index contributed by atoms with van der Waals surface area (Å²) in [4.78, 5) is 24.8. The number of hydrogen-bond donors (Lipinski definition) is 2. The fourth-order valence-electron chi connectivity index (χ4n) is 1.79. The maximum Gasteiger partial charge on any atom is 0.239 e. The van der Waals surface area contributed by atoms with Crippen molar-refractivity contribution >= 4 is 11.8 Å². The molecule has 0 aromatic carbocycles. The summed E-state index contributed by atoms with van der Waals surface area (Å²) in [5, 5.41) is 2.75. The van der Waals surface area contributed by atoms with Gasteiger partial charge in [0.15, 0.2) is 0 Å². The van der Waals surface area contributed by atoms with Crippen LogP contribution in [-0.4, -0.2) is 42.9 Å². The molecule has 5 heteroatoms. The van der Waals surface area contributed by atoms with Crippen LogP contribution in [0.15, 0.2) is 0 Å². The molecule has 1 fully saturated rings. The summed E-state index contributed by atoms with van der Waals surface area (Å²) >= 11 is 0. The maximum absolute atomic E-state index is 11.9. The van der Waals surface area contributed by atoms with Gasteiger partial charge in [-0.25, -0.2) is 0 Å². The summed E-state index contributed by atoms with van der Waals surface area (Å²) < 4.78 is 0. The van der Waals surface area contributed by atoms with Gasteiger partial charge in [-0.3, -0.25) is 9.59 Å². The topological polar surface area (TPSA) is 75.4 Å². The first-order valence-corrected chi connectivity index (χ1v) is 5.92. The number of amides is 2. The molecular weight excluding hydrogens is 206 g/mol. The highest BCUT2D eigenvalue weighted by Crippen LogP contribution is 2.09. The Morgan fingerprint density at radius 1 is 1.62 bits per heavy atom. The third-order valence-corrected chi connectivity index (χ3v) is 2.99. The summed E-state index contributed by atoms with van der Waals surface area (Å²) in [6.45, 7) is 4.08. The molecule has 0 aliphatic carbocycles. The molecule has 1 rings (SSSR count). The molecule has 1 aliphatic rings. The zero-order valence-corrected chi connectivity index (χ0v) is 9.87. The zero-order valence-electron chi connectivity index (χ0n) is 9.87. The molecule has 0 aromatic heterocycles. The van der Waals surface area contributed by atoms with Gasteiger partial charge in [0.25, 0.3) is 0 Å². The largest absolute Gasteiger partial charge is 0.354 e. The molecule has 0 spiro atoms. The van der Waals surface area contributed by atoms with Crippen molar-refractivity contribution < 1.29 is 9.59 Å². The van der Waals surface area contributed by atoms with Gasteiger partial charge in [-0.1, -0.05) is 13.3 Å². The molecule has 1 heterocycles. The Kier molecular flexibility index (Phi) is 5.25. The first-order chi connectivity index (χ1) is 7.67. The van der Waals surface area contributed by atoms with Crippen LogP contribution < -0.4 is 11.1 Å². The number of hydrogen-bond acceptors (Lipinski definition) is 3. The molecule has 0 saturated carbocycles. The van der Waals surface area contributed by atoms with Crippen LogP contribution in [0.4, 0.5) is 0 Å². The van der Waals surface area contributed by atoms with Gasteiger partial charge < -0.3 is 16.0 Å². The van der Waals surface area contributed by atoms with Crippen LogP contribution in [0, 0.1) is 5.92 Å². The fraction of sp³-hybridized carbons (Fsp3) is 0.818. The molecule has 16 heavy (non-hydrogen) atoms. The second kappa shape index (κ2) is 6.48. The average molecular weight is 227 g/mol. The van der Waals surface area contributed by atoms with Gasteiger partial charge >= 0.3 is 0 Å². The Bertz CT molecular complexity index is 252. The maximum atomic E-state index is 11.9. The highest BCUT2D eigenvalue weighted by Gasteiger charge is 2.21. The first kappa shape index (κ1) is 13.0. The highest BCUT2D eigenvalue weighted by molar-refractivity contribution is 5.85. The van der Waals surface area contributed by atoms with Gasteiger partial charge in [-0.05, 0) is 18.9 Å². The molecule has 1 saturated heterocycles. The monoisotopic (exact) mass is 227 g/mol. The van der Waals surface area contributed by atoms with Crippen molar-refractivity contribution in [3.8, 4) is 0 Å². The Labute approximate surface area is 96.4 Å². The van der Waals surface area contributed by atoms with E-state index in [1.807, 2.05) is 6.92 Å². The van der Waals surface area contributed by atoms with Crippen LogP contribution in [0.2, 0.25) is 0 Å². The lowest BCUT2D eigenvalue weighted by atomic mass is 10.0. The van der Waals surface area contributed by atoms with Crippen LogP contribution in [-0.2, 0) is 9.59 Å². The second-order valence-electron chi connectivity index (χ2n) is 4.23. The third kappa shape index (κ3) is 3.81. The lowest BCUT2D eigenvalue weighted by Crippen LogP contribution is -2.38. The molecule has 1 unspecified atom stereocenters. The SMILES string of the molecule is CCC(CN)CC(=O)N1CCCNC(=O)C1. The van der Waals surface area contributed by atoms with E-state index in [1.54, 1.807) is 4.90 Å². The van der Waals surface area contributed by atoms with E-state index in [0.29, 0.717) is 26.1 Å². The number of nitrogens with two attached hydrogens (primary N) is 1. The van der Waals surface area contributed by atoms with Gasteiger partial charge in [0.1, 0.15) is 0 Å². The molecule has 1 atom stereocenters.